The second kappa shape index (κ2) is 5.49. The van der Waals surface area contributed by atoms with Crippen LogP contribution < -0.4 is 4.74 Å². The molecule has 0 aromatic heterocycles. The highest BCUT2D eigenvalue weighted by atomic mass is 16.7. The van der Waals surface area contributed by atoms with E-state index in [4.69, 9.17) is 14.2 Å². The normalized spacial score (nSPS) is 34.8. The molecule has 0 radical (unpaired) electrons. The van der Waals surface area contributed by atoms with Gasteiger partial charge in [-0.2, -0.15) is 0 Å². The van der Waals surface area contributed by atoms with Crippen LogP contribution in [0.1, 0.15) is 26.7 Å². The lowest BCUT2D eigenvalue weighted by molar-refractivity contribution is -0.146. The van der Waals surface area contributed by atoms with Crippen molar-refractivity contribution in [1.82, 2.24) is 4.90 Å². The summed E-state index contributed by atoms with van der Waals surface area (Å²) in [6.07, 6.45) is 2.01. The number of rotatable bonds is 1. The van der Waals surface area contributed by atoms with Gasteiger partial charge in [-0.25, -0.2) is 4.79 Å². The van der Waals surface area contributed by atoms with E-state index in [0.717, 1.165) is 25.9 Å². The quantitative estimate of drug-likeness (QED) is 0.799. The van der Waals surface area contributed by atoms with Crippen LogP contribution in [0.2, 0.25) is 0 Å². The summed E-state index contributed by atoms with van der Waals surface area (Å²) in [7, 11) is 0. The van der Waals surface area contributed by atoms with Gasteiger partial charge in [0.2, 0.25) is 0 Å². The Bertz CT molecular complexity index is 564. The summed E-state index contributed by atoms with van der Waals surface area (Å²) in [6.45, 7) is 5.46. The Kier molecular flexibility index (Phi) is 3.58. The fraction of sp³-hybridized carbons (Fsp3) is 0.611. The van der Waals surface area contributed by atoms with Crippen molar-refractivity contribution in [2.45, 2.75) is 44.7 Å². The average Bonchev–Trinajstić information content (AvgIpc) is 3.03. The largest absolute Gasteiger partial charge is 0.415 e. The van der Waals surface area contributed by atoms with Gasteiger partial charge in [-0.1, -0.05) is 18.2 Å². The highest BCUT2D eigenvalue weighted by molar-refractivity contribution is 5.71. The summed E-state index contributed by atoms with van der Waals surface area (Å²) >= 11 is 0. The van der Waals surface area contributed by atoms with Gasteiger partial charge in [0.05, 0.1) is 12.2 Å². The van der Waals surface area contributed by atoms with Gasteiger partial charge in [-0.3, -0.25) is 0 Å². The summed E-state index contributed by atoms with van der Waals surface area (Å²) in [6, 6.07) is 9.24. The first-order valence-corrected chi connectivity index (χ1v) is 8.37. The third-order valence-electron chi connectivity index (χ3n) is 5.14. The van der Waals surface area contributed by atoms with Crippen molar-refractivity contribution in [2.24, 2.45) is 11.8 Å². The molecule has 3 fully saturated rings. The zero-order valence-electron chi connectivity index (χ0n) is 13.6. The number of benzene rings is 1. The molecule has 124 valence electrons. The van der Waals surface area contributed by atoms with Crippen LogP contribution in [0.3, 0.4) is 0 Å². The molecule has 0 spiro atoms. The second-order valence-electron chi connectivity index (χ2n) is 7.29. The number of hydrogen-bond donors (Lipinski definition) is 0. The Morgan fingerprint density at radius 1 is 1.09 bits per heavy atom. The van der Waals surface area contributed by atoms with E-state index in [2.05, 4.69) is 0 Å². The first-order valence-electron chi connectivity index (χ1n) is 8.37. The lowest BCUT2D eigenvalue weighted by Gasteiger charge is -2.31. The van der Waals surface area contributed by atoms with Crippen molar-refractivity contribution in [3.05, 3.63) is 30.3 Å². The maximum Gasteiger partial charge on any atom is 0.415 e. The van der Waals surface area contributed by atoms with Crippen molar-refractivity contribution in [2.75, 3.05) is 13.1 Å². The zero-order valence-corrected chi connectivity index (χ0v) is 13.6. The van der Waals surface area contributed by atoms with Gasteiger partial charge in [0.25, 0.3) is 0 Å². The summed E-state index contributed by atoms with van der Waals surface area (Å²) < 4.78 is 17.4. The van der Waals surface area contributed by atoms with E-state index < -0.39 is 5.79 Å². The highest BCUT2D eigenvalue weighted by Gasteiger charge is 2.50. The summed E-state index contributed by atoms with van der Waals surface area (Å²) in [5, 5.41) is 0. The molecule has 0 N–H and O–H groups in total. The van der Waals surface area contributed by atoms with Gasteiger partial charge in [0, 0.05) is 13.1 Å². The molecule has 4 atom stereocenters. The molecule has 1 aromatic carbocycles. The number of carbonyl (C=O) groups is 1. The van der Waals surface area contributed by atoms with E-state index in [9.17, 15) is 4.79 Å². The molecular formula is C18H23NO4. The number of ether oxygens (including phenoxy) is 3. The monoisotopic (exact) mass is 317 g/mol. The third kappa shape index (κ3) is 2.95. The van der Waals surface area contributed by atoms with Crippen LogP contribution in [0, 0.1) is 11.8 Å². The van der Waals surface area contributed by atoms with Gasteiger partial charge in [-0.15, -0.1) is 0 Å². The van der Waals surface area contributed by atoms with Gasteiger partial charge < -0.3 is 19.1 Å². The maximum atomic E-state index is 12.3. The Morgan fingerprint density at radius 3 is 2.22 bits per heavy atom. The van der Waals surface area contributed by atoms with Crippen LogP contribution in [-0.4, -0.2) is 42.1 Å². The van der Waals surface area contributed by atoms with Gasteiger partial charge in [0.1, 0.15) is 5.75 Å². The first kappa shape index (κ1) is 15.0. The lowest BCUT2D eigenvalue weighted by Crippen LogP contribution is -2.36. The summed E-state index contributed by atoms with van der Waals surface area (Å²) in [4.78, 5) is 14.2. The zero-order chi connectivity index (χ0) is 16.0. The molecule has 0 bridgehead atoms. The molecule has 2 heterocycles. The van der Waals surface area contributed by atoms with Gasteiger partial charge >= 0.3 is 6.09 Å². The standard InChI is InChI=1S/C18H23NO4/c1-18(2)22-15-8-12-10-19(11-13(12)9-16(15)23-18)17(20)21-14-6-4-3-5-7-14/h3-7,12-13,15-16H,8-11H2,1-2H3/t12-,13+,15+,16-. The molecule has 2 aliphatic heterocycles. The fourth-order valence-corrected chi connectivity index (χ4v) is 4.18. The molecule has 1 aliphatic carbocycles. The van der Waals surface area contributed by atoms with E-state index in [1.54, 1.807) is 12.1 Å². The van der Waals surface area contributed by atoms with Crippen molar-refractivity contribution in [3.8, 4) is 5.75 Å². The molecule has 4 rings (SSSR count). The average molecular weight is 317 g/mol. The Labute approximate surface area is 136 Å². The fourth-order valence-electron chi connectivity index (χ4n) is 4.18. The van der Waals surface area contributed by atoms with Crippen LogP contribution >= 0.6 is 0 Å². The van der Waals surface area contributed by atoms with E-state index in [-0.39, 0.29) is 18.3 Å². The smallest absolute Gasteiger partial charge is 0.410 e. The predicted molar refractivity (Wildman–Crippen MR) is 84.1 cm³/mol. The van der Waals surface area contributed by atoms with Gasteiger partial charge in [0.15, 0.2) is 5.79 Å². The molecule has 5 heteroatoms. The molecule has 3 aliphatic rings. The number of amides is 1. The molecule has 1 amide bonds. The van der Waals surface area contributed by atoms with Crippen molar-refractivity contribution >= 4 is 6.09 Å². The van der Waals surface area contributed by atoms with E-state index >= 15 is 0 Å². The van der Waals surface area contributed by atoms with Crippen LogP contribution in [0.5, 0.6) is 5.75 Å². The molecule has 23 heavy (non-hydrogen) atoms. The Hall–Kier alpha value is -1.59. The van der Waals surface area contributed by atoms with Crippen LogP contribution in [0.25, 0.3) is 0 Å². The molecule has 0 unspecified atom stereocenters. The number of hydrogen-bond acceptors (Lipinski definition) is 4. The van der Waals surface area contributed by atoms with Crippen LogP contribution in [-0.2, 0) is 9.47 Å². The maximum absolute atomic E-state index is 12.3. The second-order valence-corrected chi connectivity index (χ2v) is 7.29. The van der Waals surface area contributed by atoms with E-state index in [1.165, 1.54) is 0 Å². The SMILES string of the molecule is CC1(C)O[C@H]2C[C@@H]3CN(C(=O)Oc4ccccc4)C[C@@H]3C[C@H]2O1. The number of fused-ring (bicyclic) bond motifs is 2. The minimum atomic E-state index is -0.472. The first-order chi connectivity index (χ1) is 11.0. The topological polar surface area (TPSA) is 48.0 Å². The summed E-state index contributed by atoms with van der Waals surface area (Å²) in [5.41, 5.74) is 0. The minimum absolute atomic E-state index is 0.163. The third-order valence-corrected chi connectivity index (χ3v) is 5.14. The summed E-state index contributed by atoms with van der Waals surface area (Å²) in [5.74, 6) is 1.09. The Morgan fingerprint density at radius 2 is 1.65 bits per heavy atom. The number of para-hydroxylation sites is 1. The minimum Gasteiger partial charge on any atom is -0.410 e. The van der Waals surface area contributed by atoms with Crippen LogP contribution in [0.4, 0.5) is 4.79 Å². The Balaban J connectivity index is 1.38. The van der Waals surface area contributed by atoms with E-state index in [1.807, 2.05) is 36.9 Å². The lowest BCUT2D eigenvalue weighted by atomic mass is 9.79. The number of likely N-dealkylation sites (tertiary alicyclic amines) is 1. The van der Waals surface area contributed by atoms with Crippen molar-refractivity contribution < 1.29 is 19.0 Å². The molecule has 5 nitrogen and oxygen atoms in total. The predicted octanol–water partition coefficient (Wildman–Crippen LogP) is 3.05. The number of carbonyl (C=O) groups excluding carboxylic acids is 1. The highest BCUT2D eigenvalue weighted by Crippen LogP contribution is 2.44. The molecule has 1 saturated carbocycles. The van der Waals surface area contributed by atoms with Gasteiger partial charge in [-0.05, 0) is 50.7 Å². The van der Waals surface area contributed by atoms with Crippen molar-refractivity contribution in [3.63, 3.8) is 0 Å². The molecule has 2 saturated heterocycles. The molecule has 1 aromatic rings. The van der Waals surface area contributed by atoms with E-state index in [0.29, 0.717) is 17.6 Å². The number of nitrogens with zero attached hydrogens (tertiary/aromatic N) is 1. The molecular weight excluding hydrogens is 294 g/mol. The van der Waals surface area contributed by atoms with Crippen molar-refractivity contribution in [1.29, 1.82) is 0 Å². The van der Waals surface area contributed by atoms with Crippen LogP contribution in [0.15, 0.2) is 30.3 Å².